The summed E-state index contributed by atoms with van der Waals surface area (Å²) < 4.78 is 20.1. The van der Waals surface area contributed by atoms with Gasteiger partial charge < -0.3 is 0 Å². The Hall–Kier alpha value is -0.407. The van der Waals surface area contributed by atoms with Crippen LogP contribution < -0.4 is 0 Å². The molecule has 4 rings (SSSR count). The van der Waals surface area contributed by atoms with Crippen molar-refractivity contribution in [3.8, 4) is 0 Å². The normalized spacial score (nSPS) is 31.8. The molecule has 3 aliphatic rings. The number of aryl methyl sites for hydroxylation is 2. The number of fused-ring (bicyclic) bond motifs is 6. The summed E-state index contributed by atoms with van der Waals surface area (Å²) in [6.45, 7) is 9.14. The minimum atomic E-state index is -3.18. The van der Waals surface area contributed by atoms with Crippen molar-refractivity contribution in [1.82, 2.24) is 14.7 Å². The van der Waals surface area contributed by atoms with E-state index >= 15 is 0 Å². The Kier molecular flexibility index (Phi) is 3.95. The monoisotopic (exact) mass is 329 g/mol. The van der Waals surface area contributed by atoms with Crippen molar-refractivity contribution in [1.29, 1.82) is 0 Å². The van der Waals surface area contributed by atoms with E-state index in [1.54, 1.807) is 0 Å². The summed E-state index contributed by atoms with van der Waals surface area (Å²) in [6.07, 6.45) is 0. The summed E-state index contributed by atoms with van der Waals surface area (Å²) in [4.78, 5) is 2.33. The summed E-state index contributed by atoms with van der Waals surface area (Å²) >= 11 is -3.18. The Morgan fingerprint density at radius 2 is 1.68 bits per heavy atom. The molecule has 7 heteroatoms. The number of hydrogen-bond acceptors (Lipinski definition) is 5. The van der Waals surface area contributed by atoms with Gasteiger partial charge in [0.25, 0.3) is 0 Å². The van der Waals surface area contributed by atoms with Crippen molar-refractivity contribution in [3.05, 3.63) is 17.5 Å². The second kappa shape index (κ2) is 5.53. The summed E-state index contributed by atoms with van der Waals surface area (Å²) in [7, 11) is 0. The maximum absolute atomic E-state index is 6.05. The van der Waals surface area contributed by atoms with Gasteiger partial charge in [0.05, 0.1) is 0 Å². The molecule has 3 aliphatic heterocycles. The zero-order valence-corrected chi connectivity index (χ0v) is 13.7. The predicted octanol–water partition coefficient (Wildman–Crippen LogP) is 0.357. The molecular weight excluding hydrogens is 307 g/mol. The topological polar surface area (TPSA) is 48.8 Å². The van der Waals surface area contributed by atoms with Gasteiger partial charge in [-0.15, -0.1) is 0 Å². The third-order valence-corrected chi connectivity index (χ3v) is 9.13. The molecule has 2 bridgehead atoms. The number of aromatic nitrogens is 2. The summed E-state index contributed by atoms with van der Waals surface area (Å²) in [5.41, 5.74) is 2.17. The van der Waals surface area contributed by atoms with E-state index in [0.29, 0.717) is 25.2 Å². The van der Waals surface area contributed by atoms with E-state index in [4.69, 9.17) is 11.3 Å². The molecule has 0 spiro atoms. The molecule has 4 heterocycles. The van der Waals surface area contributed by atoms with Gasteiger partial charge in [-0.1, -0.05) is 0 Å². The van der Waals surface area contributed by atoms with Crippen LogP contribution in [0.3, 0.4) is 0 Å². The zero-order valence-electron chi connectivity index (χ0n) is 11.6. The van der Waals surface area contributed by atoms with Crippen LogP contribution in [0.15, 0.2) is 6.07 Å². The Balaban J connectivity index is 1.80. The molecule has 0 radical (unpaired) electrons. The zero-order chi connectivity index (χ0) is 13.3. The van der Waals surface area contributed by atoms with Crippen molar-refractivity contribution < 1.29 is 11.3 Å². The van der Waals surface area contributed by atoms with Crippen LogP contribution in [0.2, 0.25) is 0 Å². The van der Waals surface area contributed by atoms with Crippen molar-refractivity contribution >= 4 is 14.3 Å². The van der Waals surface area contributed by atoms with Crippen LogP contribution in [0.4, 0.5) is 0 Å². The van der Waals surface area contributed by atoms with Crippen molar-refractivity contribution in [2.24, 2.45) is 0 Å². The van der Waals surface area contributed by atoms with Gasteiger partial charge in [-0.05, 0) is 0 Å². The first kappa shape index (κ1) is 13.6. The summed E-state index contributed by atoms with van der Waals surface area (Å²) in [5.74, 6) is 0. The standard InChI is InChI=1S/C12H21GeN3O3/c1-11-9-12(2)16(14-11)10-13-17-6-3-15(4-7-18-13)5-8-19-13/h9H,3-8,10H2,1-2H3. The number of nitrogens with zero attached hydrogens (tertiary/aromatic N) is 3. The van der Waals surface area contributed by atoms with Crippen LogP contribution in [0.5, 0.6) is 0 Å². The average molecular weight is 328 g/mol. The van der Waals surface area contributed by atoms with Gasteiger partial charge in [0, 0.05) is 0 Å². The van der Waals surface area contributed by atoms with E-state index in [1.807, 2.05) is 11.6 Å². The van der Waals surface area contributed by atoms with Crippen LogP contribution in [0.25, 0.3) is 0 Å². The second-order valence-corrected chi connectivity index (χ2v) is 10.5. The molecule has 3 saturated heterocycles. The first-order valence-corrected chi connectivity index (χ1v) is 10.9. The Morgan fingerprint density at radius 1 is 1.11 bits per heavy atom. The molecular formula is C12H21GeN3O3. The first-order chi connectivity index (χ1) is 9.17. The fourth-order valence-electron chi connectivity index (χ4n) is 2.61. The molecule has 1 aromatic rings. The molecule has 0 saturated carbocycles. The molecule has 0 aliphatic carbocycles. The van der Waals surface area contributed by atoms with Crippen LogP contribution in [-0.4, -0.2) is 68.4 Å². The van der Waals surface area contributed by atoms with Crippen LogP contribution in [0, 0.1) is 13.8 Å². The molecule has 0 unspecified atom stereocenters. The van der Waals surface area contributed by atoms with Gasteiger partial charge in [-0.25, -0.2) is 0 Å². The second-order valence-electron chi connectivity index (χ2n) is 5.15. The quantitative estimate of drug-likeness (QED) is 0.734. The molecule has 0 aromatic carbocycles. The predicted molar refractivity (Wildman–Crippen MR) is 71.8 cm³/mol. The molecule has 106 valence electrons. The fraction of sp³-hybridized carbons (Fsp3) is 0.750. The van der Waals surface area contributed by atoms with Crippen molar-refractivity contribution in [2.45, 2.75) is 19.2 Å². The average Bonchev–Trinajstić information content (AvgIpc) is 2.58. The van der Waals surface area contributed by atoms with Crippen LogP contribution in [0.1, 0.15) is 11.4 Å². The molecule has 6 nitrogen and oxygen atoms in total. The molecule has 0 atom stereocenters. The molecule has 19 heavy (non-hydrogen) atoms. The molecule has 1 aromatic heterocycles. The minimum absolute atomic E-state index is 0.666. The van der Waals surface area contributed by atoms with E-state index in [9.17, 15) is 0 Å². The Bertz CT molecular complexity index is 425. The summed E-state index contributed by atoms with van der Waals surface area (Å²) in [6, 6.07) is 2.08. The summed E-state index contributed by atoms with van der Waals surface area (Å²) in [5, 5.41) is 5.18. The Morgan fingerprint density at radius 3 is 2.16 bits per heavy atom. The van der Waals surface area contributed by atoms with E-state index in [2.05, 4.69) is 23.0 Å². The van der Waals surface area contributed by atoms with E-state index in [-0.39, 0.29) is 0 Å². The first-order valence-electron chi connectivity index (χ1n) is 6.82. The van der Waals surface area contributed by atoms with Crippen LogP contribution >= 0.6 is 0 Å². The fourth-order valence-corrected chi connectivity index (χ4v) is 7.68. The van der Waals surface area contributed by atoms with Gasteiger partial charge in [0.15, 0.2) is 0 Å². The SMILES string of the molecule is Cc1cc(C)n([CH2][Ge]23[O]CCN(CC[O]2)CC[O]3)n1. The number of hydrogen-bond donors (Lipinski definition) is 0. The van der Waals surface area contributed by atoms with Gasteiger partial charge in [-0.3, -0.25) is 0 Å². The van der Waals surface area contributed by atoms with Crippen molar-refractivity contribution in [3.63, 3.8) is 0 Å². The van der Waals surface area contributed by atoms with Gasteiger partial charge >= 0.3 is 116 Å². The Labute approximate surface area is 117 Å². The molecule has 0 N–H and O–H groups in total. The van der Waals surface area contributed by atoms with E-state index in [1.165, 1.54) is 0 Å². The van der Waals surface area contributed by atoms with Gasteiger partial charge in [0.2, 0.25) is 0 Å². The van der Waals surface area contributed by atoms with E-state index in [0.717, 1.165) is 31.0 Å². The third kappa shape index (κ3) is 3.03. The van der Waals surface area contributed by atoms with E-state index < -0.39 is 14.3 Å². The van der Waals surface area contributed by atoms with Gasteiger partial charge in [-0.2, -0.15) is 0 Å². The third-order valence-electron chi connectivity index (χ3n) is 3.64. The van der Waals surface area contributed by atoms with Crippen molar-refractivity contribution in [2.75, 3.05) is 39.5 Å². The van der Waals surface area contributed by atoms with Crippen LogP contribution in [-0.2, 0) is 16.7 Å². The maximum atomic E-state index is 6.05. The number of rotatable bonds is 2. The molecule has 0 amide bonds. The van der Waals surface area contributed by atoms with Gasteiger partial charge in [0.1, 0.15) is 0 Å². The molecule has 3 fully saturated rings.